The third kappa shape index (κ3) is 2.94. The van der Waals surface area contributed by atoms with Crippen molar-refractivity contribution in [1.82, 2.24) is 4.90 Å². The zero-order valence-corrected chi connectivity index (χ0v) is 13.1. The normalized spacial score (nSPS) is 22.6. The van der Waals surface area contributed by atoms with Gasteiger partial charge >= 0.3 is 5.97 Å². The van der Waals surface area contributed by atoms with Crippen LogP contribution in [0.15, 0.2) is 18.2 Å². The molecular formula is C14H15FINO3. The topological polar surface area (TPSA) is 57.6 Å². The first-order valence-electron chi connectivity index (χ1n) is 6.40. The number of benzene rings is 1. The van der Waals surface area contributed by atoms with Gasteiger partial charge in [0.2, 0.25) is 0 Å². The zero-order chi connectivity index (χ0) is 14.9. The number of likely N-dealkylation sites (tertiary alicyclic amines) is 1. The van der Waals surface area contributed by atoms with E-state index in [1.807, 2.05) is 22.6 Å². The second kappa shape index (κ2) is 6.07. The summed E-state index contributed by atoms with van der Waals surface area (Å²) in [4.78, 5) is 25.2. The van der Waals surface area contributed by atoms with Crippen LogP contribution in [0.3, 0.4) is 0 Å². The largest absolute Gasteiger partial charge is 0.481 e. The molecule has 0 saturated carbocycles. The van der Waals surface area contributed by atoms with Crippen molar-refractivity contribution in [2.24, 2.45) is 5.92 Å². The summed E-state index contributed by atoms with van der Waals surface area (Å²) in [6.45, 7) is 2.25. The van der Waals surface area contributed by atoms with Crippen molar-refractivity contribution in [3.8, 4) is 0 Å². The average Bonchev–Trinajstić information content (AvgIpc) is 2.40. The molecule has 4 nitrogen and oxygen atoms in total. The highest BCUT2D eigenvalue weighted by molar-refractivity contribution is 14.1. The summed E-state index contributed by atoms with van der Waals surface area (Å²) in [7, 11) is 0. The van der Waals surface area contributed by atoms with E-state index < -0.39 is 17.7 Å². The Morgan fingerprint density at radius 3 is 2.80 bits per heavy atom. The minimum Gasteiger partial charge on any atom is -0.481 e. The van der Waals surface area contributed by atoms with Crippen LogP contribution < -0.4 is 0 Å². The van der Waals surface area contributed by atoms with Crippen molar-refractivity contribution in [3.63, 3.8) is 0 Å². The molecule has 1 aliphatic heterocycles. The smallest absolute Gasteiger partial charge is 0.308 e. The van der Waals surface area contributed by atoms with Crippen LogP contribution in [0.5, 0.6) is 0 Å². The maximum Gasteiger partial charge on any atom is 0.308 e. The molecule has 20 heavy (non-hydrogen) atoms. The number of nitrogens with zero attached hydrogens (tertiary/aromatic N) is 1. The minimum absolute atomic E-state index is 0.295. The fourth-order valence-electron chi connectivity index (χ4n) is 2.58. The molecule has 2 atom stereocenters. The molecule has 1 fully saturated rings. The van der Waals surface area contributed by atoms with Crippen LogP contribution in [-0.4, -0.2) is 34.5 Å². The van der Waals surface area contributed by atoms with E-state index in [1.165, 1.54) is 12.1 Å². The Hall–Kier alpha value is -1.18. The van der Waals surface area contributed by atoms with Gasteiger partial charge in [-0.2, -0.15) is 0 Å². The Labute approximate surface area is 130 Å². The van der Waals surface area contributed by atoms with E-state index in [9.17, 15) is 19.1 Å². The molecule has 2 rings (SSSR count). The van der Waals surface area contributed by atoms with Crippen LogP contribution >= 0.6 is 22.6 Å². The van der Waals surface area contributed by atoms with Gasteiger partial charge in [0.1, 0.15) is 5.82 Å². The summed E-state index contributed by atoms with van der Waals surface area (Å²) >= 11 is 1.98. The second-order valence-corrected chi connectivity index (χ2v) is 6.11. The van der Waals surface area contributed by atoms with Crippen LogP contribution in [0.25, 0.3) is 0 Å². The van der Waals surface area contributed by atoms with Gasteiger partial charge in [-0.25, -0.2) is 4.39 Å². The van der Waals surface area contributed by atoms with Crippen molar-refractivity contribution in [1.29, 1.82) is 0 Å². The minimum atomic E-state index is -0.885. The second-order valence-electron chi connectivity index (χ2n) is 4.95. The molecule has 1 aromatic rings. The van der Waals surface area contributed by atoms with Crippen LogP contribution in [0.1, 0.15) is 30.1 Å². The van der Waals surface area contributed by atoms with Crippen molar-refractivity contribution in [3.05, 3.63) is 33.1 Å². The molecule has 0 unspecified atom stereocenters. The first-order chi connectivity index (χ1) is 9.41. The third-order valence-electron chi connectivity index (χ3n) is 3.72. The summed E-state index contributed by atoms with van der Waals surface area (Å²) in [5.41, 5.74) is 0.295. The van der Waals surface area contributed by atoms with Gasteiger partial charge < -0.3 is 10.0 Å². The maximum atomic E-state index is 13.3. The number of amides is 1. The Morgan fingerprint density at radius 1 is 1.45 bits per heavy atom. The number of aliphatic carboxylic acids is 1. The van der Waals surface area contributed by atoms with Gasteiger partial charge in [0.15, 0.2) is 0 Å². The summed E-state index contributed by atoms with van der Waals surface area (Å²) < 4.78 is 14.0. The van der Waals surface area contributed by atoms with Gasteiger partial charge in [-0.05, 0) is 60.6 Å². The van der Waals surface area contributed by atoms with Gasteiger partial charge in [-0.3, -0.25) is 9.59 Å². The van der Waals surface area contributed by atoms with Crippen molar-refractivity contribution in [2.75, 3.05) is 6.54 Å². The monoisotopic (exact) mass is 391 g/mol. The van der Waals surface area contributed by atoms with Gasteiger partial charge in [0, 0.05) is 16.2 Å². The number of carbonyl (C=O) groups excluding carboxylic acids is 1. The summed E-state index contributed by atoms with van der Waals surface area (Å²) in [5.74, 6) is -2.21. The van der Waals surface area contributed by atoms with Crippen molar-refractivity contribution >= 4 is 34.5 Å². The molecule has 1 aliphatic rings. The molecule has 108 valence electrons. The first kappa shape index (κ1) is 15.2. The molecule has 1 N–H and O–H groups in total. The van der Waals surface area contributed by atoms with E-state index in [0.717, 1.165) is 0 Å². The number of halogens is 2. The van der Waals surface area contributed by atoms with Crippen LogP contribution in [0, 0.1) is 15.3 Å². The number of carbonyl (C=O) groups is 2. The fraction of sp³-hybridized carbons (Fsp3) is 0.429. The molecule has 1 aromatic carbocycles. The number of carboxylic acids is 1. The van der Waals surface area contributed by atoms with Crippen molar-refractivity contribution < 1.29 is 19.1 Å². The van der Waals surface area contributed by atoms with Crippen molar-refractivity contribution in [2.45, 2.75) is 25.8 Å². The lowest BCUT2D eigenvalue weighted by molar-refractivity contribution is -0.144. The number of hydrogen-bond acceptors (Lipinski definition) is 2. The molecule has 1 amide bonds. The molecular weight excluding hydrogens is 376 g/mol. The van der Waals surface area contributed by atoms with E-state index in [2.05, 4.69) is 0 Å². The van der Waals surface area contributed by atoms with Gasteiger partial charge in [-0.1, -0.05) is 0 Å². The lowest BCUT2D eigenvalue weighted by Crippen LogP contribution is -2.49. The van der Waals surface area contributed by atoms with E-state index in [1.54, 1.807) is 17.9 Å². The quantitative estimate of drug-likeness (QED) is 0.789. The lowest BCUT2D eigenvalue weighted by Gasteiger charge is -2.37. The summed E-state index contributed by atoms with van der Waals surface area (Å²) in [6.07, 6.45) is 1.22. The van der Waals surface area contributed by atoms with E-state index in [4.69, 9.17) is 0 Å². The van der Waals surface area contributed by atoms with E-state index in [0.29, 0.717) is 28.5 Å². The third-order valence-corrected chi connectivity index (χ3v) is 4.67. The molecule has 6 heteroatoms. The summed E-state index contributed by atoms with van der Waals surface area (Å²) in [5, 5.41) is 9.18. The summed E-state index contributed by atoms with van der Waals surface area (Å²) in [6, 6.07) is 3.68. The standard InChI is InChI=1S/C14H15FINO3/c1-8-10(14(19)20)3-2-6-17(8)13(18)11-7-9(15)4-5-12(11)16/h4-5,7-8,10H,2-3,6H2,1H3,(H,19,20)/t8-,10-/m1/s1. The Balaban J connectivity index is 2.28. The Bertz CT molecular complexity index is 549. The predicted molar refractivity (Wildman–Crippen MR) is 80.0 cm³/mol. The first-order valence-corrected chi connectivity index (χ1v) is 7.48. The van der Waals surface area contributed by atoms with Crippen LogP contribution in [0.4, 0.5) is 4.39 Å². The molecule has 0 aromatic heterocycles. The number of piperidine rings is 1. The fourth-order valence-corrected chi connectivity index (χ4v) is 3.14. The number of carboxylic acid groups (broad SMARTS) is 1. The molecule has 1 heterocycles. The van der Waals surface area contributed by atoms with Crippen LogP contribution in [0.2, 0.25) is 0 Å². The lowest BCUT2D eigenvalue weighted by atomic mass is 9.90. The van der Waals surface area contributed by atoms with E-state index >= 15 is 0 Å². The molecule has 0 bridgehead atoms. The SMILES string of the molecule is C[C@@H]1[C@H](C(=O)O)CCCN1C(=O)c1cc(F)ccc1I. The molecule has 0 spiro atoms. The van der Waals surface area contributed by atoms with Gasteiger partial charge in [-0.15, -0.1) is 0 Å². The highest BCUT2D eigenvalue weighted by Gasteiger charge is 2.36. The predicted octanol–water partition coefficient (Wildman–Crippen LogP) is 2.76. The highest BCUT2D eigenvalue weighted by atomic mass is 127. The Morgan fingerprint density at radius 2 is 2.15 bits per heavy atom. The number of rotatable bonds is 2. The van der Waals surface area contributed by atoms with E-state index in [-0.39, 0.29) is 11.9 Å². The highest BCUT2D eigenvalue weighted by Crippen LogP contribution is 2.26. The Kier molecular flexibility index (Phi) is 4.62. The molecule has 1 saturated heterocycles. The molecule has 0 aliphatic carbocycles. The maximum absolute atomic E-state index is 13.3. The zero-order valence-electron chi connectivity index (χ0n) is 11.0. The average molecular weight is 391 g/mol. The molecule has 0 radical (unpaired) electrons. The van der Waals surface area contributed by atoms with Gasteiger partial charge in [0.25, 0.3) is 5.91 Å². The van der Waals surface area contributed by atoms with Crippen LogP contribution in [-0.2, 0) is 4.79 Å². The number of hydrogen-bond donors (Lipinski definition) is 1. The van der Waals surface area contributed by atoms with Gasteiger partial charge in [0.05, 0.1) is 11.5 Å².